The van der Waals surface area contributed by atoms with Crippen LogP contribution in [0, 0.1) is 5.92 Å². The number of halogens is 1. The average molecular weight is 291 g/mol. The molecule has 1 saturated carbocycles. The van der Waals surface area contributed by atoms with Gasteiger partial charge in [-0.1, -0.05) is 11.6 Å². The summed E-state index contributed by atoms with van der Waals surface area (Å²) in [7, 11) is 0. The number of nitrogens with one attached hydrogen (secondary N) is 2. The van der Waals surface area contributed by atoms with Crippen LogP contribution in [0.1, 0.15) is 23.3 Å². The third kappa shape index (κ3) is 1.91. The smallest absolute Gasteiger partial charge is 0.267 e. The molecule has 20 heavy (non-hydrogen) atoms. The molecule has 1 aliphatic carbocycles. The zero-order valence-corrected chi connectivity index (χ0v) is 11.6. The van der Waals surface area contributed by atoms with Gasteiger partial charge in [-0.25, -0.2) is 0 Å². The van der Waals surface area contributed by atoms with Crippen LogP contribution < -0.4 is 5.32 Å². The van der Waals surface area contributed by atoms with Gasteiger partial charge in [-0.05, 0) is 37.1 Å². The highest BCUT2D eigenvalue weighted by atomic mass is 35.5. The van der Waals surface area contributed by atoms with E-state index in [1.807, 2.05) is 24.3 Å². The van der Waals surface area contributed by atoms with Crippen LogP contribution in [0.15, 0.2) is 24.3 Å². The molecule has 3 atom stereocenters. The summed E-state index contributed by atoms with van der Waals surface area (Å²) in [4.78, 5) is 15.4. The minimum atomic E-state index is -0.0485. The highest BCUT2D eigenvalue weighted by Crippen LogP contribution is 2.38. The highest BCUT2D eigenvalue weighted by molar-refractivity contribution is 6.31. The van der Waals surface area contributed by atoms with Crippen LogP contribution in [-0.4, -0.2) is 29.6 Å². The number of H-pyrrole nitrogens is 1. The summed E-state index contributed by atoms with van der Waals surface area (Å²) in [5, 5.41) is 4.73. The summed E-state index contributed by atoms with van der Waals surface area (Å²) in [5.74, 6) is 0.449. The Morgan fingerprint density at radius 2 is 2.30 bits per heavy atom. The van der Waals surface area contributed by atoms with Crippen molar-refractivity contribution in [1.82, 2.24) is 10.3 Å². The third-order valence-electron chi connectivity index (χ3n) is 4.41. The molecular formula is C15H15ClN2O2. The number of fused-ring (bicyclic) bond motifs is 2. The van der Waals surface area contributed by atoms with Crippen molar-refractivity contribution in [3.63, 3.8) is 0 Å². The van der Waals surface area contributed by atoms with E-state index >= 15 is 0 Å². The van der Waals surface area contributed by atoms with E-state index < -0.39 is 0 Å². The first-order chi connectivity index (χ1) is 9.70. The first-order valence-electron chi connectivity index (χ1n) is 6.91. The summed E-state index contributed by atoms with van der Waals surface area (Å²) >= 11 is 5.96. The van der Waals surface area contributed by atoms with E-state index in [0.717, 1.165) is 30.4 Å². The second-order valence-corrected chi connectivity index (χ2v) is 6.03. The molecule has 1 aliphatic heterocycles. The first-order valence-corrected chi connectivity index (χ1v) is 7.29. The molecule has 0 unspecified atom stereocenters. The van der Waals surface area contributed by atoms with Crippen molar-refractivity contribution in [2.45, 2.75) is 25.0 Å². The van der Waals surface area contributed by atoms with E-state index in [9.17, 15) is 4.79 Å². The minimum absolute atomic E-state index is 0.0485. The number of aromatic amines is 1. The fourth-order valence-electron chi connectivity index (χ4n) is 3.24. The molecule has 0 bridgehead atoms. The number of carbonyl (C=O) groups excluding carboxylic acids is 1. The molecule has 4 nitrogen and oxygen atoms in total. The zero-order valence-electron chi connectivity index (χ0n) is 10.9. The number of aromatic nitrogens is 1. The molecule has 4 rings (SSSR count). The van der Waals surface area contributed by atoms with Crippen molar-refractivity contribution in [3.05, 3.63) is 35.0 Å². The van der Waals surface area contributed by atoms with Crippen molar-refractivity contribution in [2.24, 2.45) is 5.92 Å². The number of amides is 1. The maximum atomic E-state index is 12.3. The van der Waals surface area contributed by atoms with E-state index in [1.54, 1.807) is 0 Å². The number of rotatable bonds is 2. The lowest BCUT2D eigenvalue weighted by atomic mass is 9.76. The van der Waals surface area contributed by atoms with Gasteiger partial charge in [-0.15, -0.1) is 0 Å². The van der Waals surface area contributed by atoms with Crippen LogP contribution in [0.25, 0.3) is 10.9 Å². The molecule has 2 aromatic rings. The summed E-state index contributed by atoms with van der Waals surface area (Å²) < 4.78 is 5.56. The second kappa shape index (κ2) is 4.50. The van der Waals surface area contributed by atoms with Crippen LogP contribution in [-0.2, 0) is 4.74 Å². The molecule has 2 fully saturated rings. The molecular weight excluding hydrogens is 276 g/mol. The molecule has 5 heteroatoms. The van der Waals surface area contributed by atoms with Gasteiger partial charge in [0.1, 0.15) is 5.69 Å². The summed E-state index contributed by atoms with van der Waals surface area (Å²) in [6, 6.07) is 7.66. The number of hydrogen-bond acceptors (Lipinski definition) is 2. The lowest BCUT2D eigenvalue weighted by Crippen LogP contribution is -2.53. The van der Waals surface area contributed by atoms with Gasteiger partial charge in [0.2, 0.25) is 0 Å². The zero-order chi connectivity index (χ0) is 13.7. The van der Waals surface area contributed by atoms with E-state index in [0.29, 0.717) is 22.7 Å². The standard InChI is InChI=1S/C15H15ClN2O2/c16-9-1-2-11-8(5-9)6-13(17-11)15(19)18-12-7-14-10(12)3-4-20-14/h1-2,5-6,10,12,14,17H,3-4,7H2,(H,18,19)/t10-,12+,14+/m1/s1. The van der Waals surface area contributed by atoms with Crippen LogP contribution >= 0.6 is 11.6 Å². The lowest BCUT2D eigenvalue weighted by molar-refractivity contribution is 0.00804. The normalized spacial score (nSPS) is 28.1. The molecule has 2 heterocycles. The second-order valence-electron chi connectivity index (χ2n) is 5.59. The topological polar surface area (TPSA) is 54.1 Å². The molecule has 1 saturated heterocycles. The predicted molar refractivity (Wildman–Crippen MR) is 77.0 cm³/mol. The molecule has 1 aromatic carbocycles. The van der Waals surface area contributed by atoms with Gasteiger partial charge in [-0.2, -0.15) is 0 Å². The van der Waals surface area contributed by atoms with E-state index in [1.165, 1.54) is 0 Å². The molecule has 104 valence electrons. The average Bonchev–Trinajstić information content (AvgIpc) is 2.98. The Hall–Kier alpha value is -1.52. The molecule has 2 N–H and O–H groups in total. The fraction of sp³-hybridized carbons (Fsp3) is 0.400. The van der Waals surface area contributed by atoms with Gasteiger partial charge in [0.15, 0.2) is 0 Å². The molecule has 1 amide bonds. The number of carbonyl (C=O) groups is 1. The highest BCUT2D eigenvalue weighted by Gasteiger charge is 2.45. The molecule has 0 spiro atoms. The van der Waals surface area contributed by atoms with E-state index in [-0.39, 0.29) is 11.9 Å². The largest absolute Gasteiger partial charge is 0.378 e. The minimum Gasteiger partial charge on any atom is -0.378 e. The van der Waals surface area contributed by atoms with Gasteiger partial charge in [-0.3, -0.25) is 4.79 Å². The van der Waals surface area contributed by atoms with Gasteiger partial charge in [0.05, 0.1) is 6.10 Å². The van der Waals surface area contributed by atoms with Gasteiger partial charge >= 0.3 is 0 Å². The van der Waals surface area contributed by atoms with Gasteiger partial charge in [0, 0.05) is 34.5 Å². The Labute approximate surface area is 121 Å². The summed E-state index contributed by atoms with van der Waals surface area (Å²) in [6.45, 7) is 0.826. The van der Waals surface area contributed by atoms with Crippen molar-refractivity contribution in [3.8, 4) is 0 Å². The Balaban J connectivity index is 1.52. The quantitative estimate of drug-likeness (QED) is 0.893. The Morgan fingerprint density at radius 3 is 3.15 bits per heavy atom. The third-order valence-corrected chi connectivity index (χ3v) is 4.64. The fourth-order valence-corrected chi connectivity index (χ4v) is 3.42. The predicted octanol–water partition coefficient (Wildman–Crippen LogP) is 2.73. The molecule has 1 aromatic heterocycles. The maximum absolute atomic E-state index is 12.3. The lowest BCUT2D eigenvalue weighted by Gasteiger charge is -2.39. The molecule has 0 radical (unpaired) electrons. The van der Waals surface area contributed by atoms with Crippen LogP contribution in [0.2, 0.25) is 5.02 Å². The van der Waals surface area contributed by atoms with Crippen LogP contribution in [0.4, 0.5) is 0 Å². The monoisotopic (exact) mass is 290 g/mol. The van der Waals surface area contributed by atoms with Crippen LogP contribution in [0.5, 0.6) is 0 Å². The Kier molecular flexibility index (Phi) is 2.75. The summed E-state index contributed by atoms with van der Waals surface area (Å²) in [5.41, 5.74) is 1.51. The number of benzene rings is 1. The van der Waals surface area contributed by atoms with Crippen molar-refractivity contribution >= 4 is 28.4 Å². The number of hydrogen-bond donors (Lipinski definition) is 2. The van der Waals surface area contributed by atoms with Gasteiger partial charge < -0.3 is 15.0 Å². The number of ether oxygens (including phenoxy) is 1. The van der Waals surface area contributed by atoms with E-state index in [4.69, 9.17) is 16.3 Å². The Morgan fingerprint density at radius 1 is 1.40 bits per heavy atom. The van der Waals surface area contributed by atoms with E-state index in [2.05, 4.69) is 10.3 Å². The van der Waals surface area contributed by atoms with Crippen molar-refractivity contribution < 1.29 is 9.53 Å². The van der Waals surface area contributed by atoms with Gasteiger partial charge in [0.25, 0.3) is 5.91 Å². The maximum Gasteiger partial charge on any atom is 0.267 e. The van der Waals surface area contributed by atoms with Crippen molar-refractivity contribution in [2.75, 3.05) is 6.61 Å². The summed E-state index contributed by atoms with van der Waals surface area (Å²) in [6.07, 6.45) is 2.35. The van der Waals surface area contributed by atoms with Crippen molar-refractivity contribution in [1.29, 1.82) is 0 Å². The molecule has 2 aliphatic rings. The van der Waals surface area contributed by atoms with Crippen LogP contribution in [0.3, 0.4) is 0 Å². The SMILES string of the molecule is O=C(N[C@H]1C[C@@H]2OCC[C@H]12)c1cc2cc(Cl)ccc2[nH]1. The first kappa shape index (κ1) is 12.2. The Bertz CT molecular complexity index is 682.